The van der Waals surface area contributed by atoms with Gasteiger partial charge in [-0.2, -0.15) is 0 Å². The third-order valence-corrected chi connectivity index (χ3v) is 1.69. The van der Waals surface area contributed by atoms with Gasteiger partial charge < -0.3 is 16.2 Å². The molecule has 74 valence electrons. The Labute approximate surface area is 75.3 Å². The van der Waals surface area contributed by atoms with Gasteiger partial charge in [0.25, 0.3) is 0 Å². The minimum atomic E-state index is 0.253. The van der Waals surface area contributed by atoms with Crippen LogP contribution in [0, 0.1) is 5.92 Å². The van der Waals surface area contributed by atoms with Gasteiger partial charge in [-0.15, -0.1) is 0 Å². The molecule has 1 atom stereocenters. The van der Waals surface area contributed by atoms with Crippen LogP contribution in [-0.2, 0) is 0 Å². The van der Waals surface area contributed by atoms with Gasteiger partial charge in [0.05, 0.1) is 0 Å². The third kappa shape index (κ3) is 7.98. The predicted octanol–water partition coefficient (Wildman–Crippen LogP) is 0.332. The lowest BCUT2D eigenvalue weighted by atomic mass is 10.0. The summed E-state index contributed by atoms with van der Waals surface area (Å²) in [6, 6.07) is 0.253. The van der Waals surface area contributed by atoms with E-state index in [0.717, 1.165) is 25.9 Å². The van der Waals surface area contributed by atoms with Crippen LogP contribution in [-0.4, -0.2) is 30.8 Å². The number of nitrogens with two attached hydrogens (primary N) is 1. The van der Waals surface area contributed by atoms with Crippen LogP contribution < -0.4 is 11.1 Å². The van der Waals surface area contributed by atoms with E-state index < -0.39 is 0 Å². The average molecular weight is 174 g/mol. The zero-order valence-corrected chi connectivity index (χ0v) is 8.21. The van der Waals surface area contributed by atoms with E-state index in [1.807, 2.05) is 0 Å². The predicted molar refractivity (Wildman–Crippen MR) is 52.0 cm³/mol. The smallest absolute Gasteiger partial charge is 0.0443 e. The van der Waals surface area contributed by atoms with Crippen LogP contribution in [0.3, 0.4) is 0 Å². The molecule has 0 saturated carbocycles. The monoisotopic (exact) mass is 174 g/mol. The summed E-state index contributed by atoms with van der Waals surface area (Å²) in [4.78, 5) is 0. The van der Waals surface area contributed by atoms with Gasteiger partial charge in [-0.25, -0.2) is 0 Å². The van der Waals surface area contributed by atoms with Crippen LogP contribution in [0.2, 0.25) is 0 Å². The Kier molecular flexibility index (Phi) is 7.45. The Morgan fingerprint density at radius 2 is 2.08 bits per heavy atom. The molecule has 0 amide bonds. The molecule has 0 aromatic heterocycles. The first-order chi connectivity index (χ1) is 5.66. The Bertz CT molecular complexity index is 96.5. The fraction of sp³-hybridized carbons (Fsp3) is 1.00. The van der Waals surface area contributed by atoms with Crippen molar-refractivity contribution in [3.05, 3.63) is 0 Å². The second-order valence-electron chi connectivity index (χ2n) is 3.67. The molecular weight excluding hydrogens is 152 g/mol. The third-order valence-electron chi connectivity index (χ3n) is 1.69. The van der Waals surface area contributed by atoms with Crippen molar-refractivity contribution >= 4 is 0 Å². The number of nitrogens with one attached hydrogen (secondary N) is 1. The van der Waals surface area contributed by atoms with Crippen molar-refractivity contribution in [1.29, 1.82) is 0 Å². The molecular formula is C9H22N2O. The lowest BCUT2D eigenvalue weighted by Crippen LogP contribution is -2.35. The fourth-order valence-corrected chi connectivity index (χ4v) is 1.18. The zero-order chi connectivity index (χ0) is 9.40. The Hall–Kier alpha value is -0.120. The van der Waals surface area contributed by atoms with E-state index in [-0.39, 0.29) is 12.6 Å². The highest BCUT2D eigenvalue weighted by Crippen LogP contribution is 2.01. The first-order valence-corrected chi connectivity index (χ1v) is 4.74. The maximum atomic E-state index is 8.51. The highest BCUT2D eigenvalue weighted by atomic mass is 16.3. The number of aliphatic hydroxyl groups is 1. The lowest BCUT2D eigenvalue weighted by molar-refractivity contribution is 0.285. The van der Waals surface area contributed by atoms with Crippen LogP contribution >= 0.6 is 0 Å². The summed E-state index contributed by atoms with van der Waals surface area (Å²) in [5, 5.41) is 11.7. The minimum absolute atomic E-state index is 0.253. The molecule has 3 nitrogen and oxygen atoms in total. The lowest BCUT2D eigenvalue weighted by Gasteiger charge is -2.14. The molecule has 0 aliphatic rings. The molecule has 0 bridgehead atoms. The molecule has 0 aromatic rings. The summed E-state index contributed by atoms with van der Waals surface area (Å²) in [7, 11) is 0. The number of hydrogen-bond acceptors (Lipinski definition) is 3. The Balaban J connectivity index is 3.14. The molecule has 0 aliphatic heterocycles. The van der Waals surface area contributed by atoms with E-state index in [9.17, 15) is 0 Å². The maximum absolute atomic E-state index is 8.51. The largest absolute Gasteiger partial charge is 0.396 e. The number of aliphatic hydroxyl groups excluding tert-OH is 1. The number of rotatable bonds is 7. The molecule has 0 aliphatic carbocycles. The average Bonchev–Trinajstić information content (AvgIpc) is 1.97. The van der Waals surface area contributed by atoms with Crippen LogP contribution in [0.25, 0.3) is 0 Å². The first-order valence-electron chi connectivity index (χ1n) is 4.74. The van der Waals surface area contributed by atoms with Crippen LogP contribution in [0.1, 0.15) is 26.7 Å². The quantitative estimate of drug-likeness (QED) is 0.488. The molecule has 1 unspecified atom stereocenters. The summed E-state index contributed by atoms with van der Waals surface area (Å²) >= 11 is 0. The van der Waals surface area contributed by atoms with Crippen molar-refractivity contribution in [3.8, 4) is 0 Å². The molecule has 0 heterocycles. The van der Waals surface area contributed by atoms with Crippen LogP contribution in [0.15, 0.2) is 0 Å². The topological polar surface area (TPSA) is 58.3 Å². The van der Waals surface area contributed by atoms with E-state index in [1.165, 1.54) is 0 Å². The summed E-state index contributed by atoms with van der Waals surface area (Å²) in [5.41, 5.74) is 5.83. The molecule has 4 N–H and O–H groups in total. The molecule has 0 spiro atoms. The van der Waals surface area contributed by atoms with Gasteiger partial charge in [0, 0.05) is 19.2 Å². The zero-order valence-electron chi connectivity index (χ0n) is 8.21. The first kappa shape index (κ1) is 11.9. The van der Waals surface area contributed by atoms with Crippen molar-refractivity contribution < 1.29 is 5.11 Å². The highest BCUT2D eigenvalue weighted by Gasteiger charge is 2.03. The van der Waals surface area contributed by atoms with Crippen LogP contribution in [0.5, 0.6) is 0 Å². The SMILES string of the molecule is CC(C)CC(N)CNCCCO. The van der Waals surface area contributed by atoms with E-state index in [2.05, 4.69) is 19.2 Å². The minimum Gasteiger partial charge on any atom is -0.396 e. The number of hydrogen-bond donors (Lipinski definition) is 3. The van der Waals surface area contributed by atoms with E-state index in [0.29, 0.717) is 5.92 Å². The summed E-state index contributed by atoms with van der Waals surface area (Å²) in [6.45, 7) is 6.33. The van der Waals surface area contributed by atoms with E-state index in [4.69, 9.17) is 10.8 Å². The van der Waals surface area contributed by atoms with Gasteiger partial charge in [-0.05, 0) is 25.3 Å². The van der Waals surface area contributed by atoms with Crippen molar-refractivity contribution in [2.75, 3.05) is 19.7 Å². The maximum Gasteiger partial charge on any atom is 0.0443 e. The van der Waals surface area contributed by atoms with Crippen molar-refractivity contribution in [2.24, 2.45) is 11.7 Å². The second-order valence-corrected chi connectivity index (χ2v) is 3.67. The summed E-state index contributed by atoms with van der Waals surface area (Å²) in [5.74, 6) is 0.666. The molecule has 0 radical (unpaired) electrons. The van der Waals surface area contributed by atoms with Gasteiger partial charge in [-0.1, -0.05) is 13.8 Å². The molecule has 0 aromatic carbocycles. The van der Waals surface area contributed by atoms with Gasteiger partial charge in [0.2, 0.25) is 0 Å². The standard InChI is InChI=1S/C9H22N2O/c1-8(2)6-9(10)7-11-4-3-5-12/h8-9,11-12H,3-7,10H2,1-2H3. The normalized spacial score (nSPS) is 13.8. The summed E-state index contributed by atoms with van der Waals surface area (Å²) in [6.07, 6.45) is 1.88. The molecule has 0 saturated heterocycles. The van der Waals surface area contributed by atoms with Gasteiger partial charge in [-0.3, -0.25) is 0 Å². The van der Waals surface area contributed by atoms with Crippen molar-refractivity contribution in [2.45, 2.75) is 32.7 Å². The van der Waals surface area contributed by atoms with Crippen LogP contribution in [0.4, 0.5) is 0 Å². The van der Waals surface area contributed by atoms with Crippen molar-refractivity contribution in [3.63, 3.8) is 0 Å². The molecule has 0 fully saturated rings. The van der Waals surface area contributed by atoms with Gasteiger partial charge in [0.1, 0.15) is 0 Å². The Morgan fingerprint density at radius 1 is 1.42 bits per heavy atom. The highest BCUT2D eigenvalue weighted by molar-refractivity contribution is 4.66. The Morgan fingerprint density at radius 3 is 2.58 bits per heavy atom. The van der Waals surface area contributed by atoms with E-state index in [1.54, 1.807) is 0 Å². The fourth-order valence-electron chi connectivity index (χ4n) is 1.18. The van der Waals surface area contributed by atoms with Gasteiger partial charge in [0.15, 0.2) is 0 Å². The van der Waals surface area contributed by atoms with Gasteiger partial charge >= 0.3 is 0 Å². The van der Waals surface area contributed by atoms with Crippen molar-refractivity contribution in [1.82, 2.24) is 5.32 Å². The summed E-state index contributed by atoms with van der Waals surface area (Å²) < 4.78 is 0. The molecule has 12 heavy (non-hydrogen) atoms. The second kappa shape index (κ2) is 7.53. The molecule has 3 heteroatoms. The van der Waals surface area contributed by atoms with E-state index >= 15 is 0 Å². The molecule has 0 rings (SSSR count).